The molecule has 2 rings (SSSR count). The molecule has 1 aromatic carbocycles. The molecular weight excluding hydrogens is 252 g/mol. The Morgan fingerprint density at radius 2 is 1.90 bits per heavy atom. The molecule has 1 aromatic rings. The largest absolute Gasteiger partial charge is 0.481 e. The number of carboxylic acids is 1. The zero-order valence-electron chi connectivity index (χ0n) is 12.1. The van der Waals surface area contributed by atoms with Crippen LogP contribution in [-0.4, -0.2) is 48.2 Å². The zero-order valence-corrected chi connectivity index (χ0v) is 12.1. The van der Waals surface area contributed by atoms with Crippen LogP contribution in [0.25, 0.3) is 0 Å². The van der Waals surface area contributed by atoms with Gasteiger partial charge >= 0.3 is 5.97 Å². The van der Waals surface area contributed by atoms with Crippen LogP contribution in [0.5, 0.6) is 0 Å². The number of rotatable bonds is 7. The van der Waals surface area contributed by atoms with Crippen molar-refractivity contribution < 1.29 is 9.90 Å². The molecule has 0 amide bonds. The van der Waals surface area contributed by atoms with Crippen molar-refractivity contribution in [2.75, 3.05) is 26.2 Å². The van der Waals surface area contributed by atoms with Gasteiger partial charge in [-0.3, -0.25) is 9.69 Å². The fourth-order valence-corrected chi connectivity index (χ4v) is 2.78. The van der Waals surface area contributed by atoms with Crippen molar-refractivity contribution in [1.29, 1.82) is 0 Å². The summed E-state index contributed by atoms with van der Waals surface area (Å²) in [6.07, 6.45) is 2.57. The van der Waals surface area contributed by atoms with Crippen molar-refractivity contribution in [1.82, 2.24) is 10.2 Å². The first-order valence-electron chi connectivity index (χ1n) is 7.41. The molecule has 1 heterocycles. The molecule has 2 unspecified atom stereocenters. The summed E-state index contributed by atoms with van der Waals surface area (Å²) in [7, 11) is 0. The van der Waals surface area contributed by atoms with E-state index >= 15 is 0 Å². The fraction of sp³-hybridized carbons (Fsp3) is 0.562. The maximum atomic E-state index is 11.4. The van der Waals surface area contributed by atoms with E-state index in [9.17, 15) is 9.90 Å². The highest BCUT2D eigenvalue weighted by Crippen LogP contribution is 2.15. The molecule has 4 heteroatoms. The van der Waals surface area contributed by atoms with Crippen LogP contribution in [0.2, 0.25) is 0 Å². The Morgan fingerprint density at radius 3 is 2.50 bits per heavy atom. The smallest absolute Gasteiger partial charge is 0.312 e. The molecule has 4 nitrogen and oxygen atoms in total. The summed E-state index contributed by atoms with van der Waals surface area (Å²) in [5, 5.41) is 12.7. The first-order chi connectivity index (χ1) is 9.68. The van der Waals surface area contributed by atoms with Crippen LogP contribution in [-0.2, 0) is 4.79 Å². The molecule has 0 aliphatic carbocycles. The third kappa shape index (κ3) is 4.05. The van der Waals surface area contributed by atoms with Crippen molar-refractivity contribution in [2.45, 2.75) is 31.7 Å². The van der Waals surface area contributed by atoms with Crippen LogP contribution in [0.4, 0.5) is 0 Å². The predicted molar refractivity (Wildman–Crippen MR) is 80.0 cm³/mol. The van der Waals surface area contributed by atoms with Gasteiger partial charge in [0.05, 0.1) is 5.92 Å². The Balaban J connectivity index is 1.82. The van der Waals surface area contributed by atoms with Gasteiger partial charge in [0.1, 0.15) is 0 Å². The monoisotopic (exact) mass is 276 g/mol. The molecule has 0 aromatic heterocycles. The Bertz CT molecular complexity index is 416. The molecule has 2 N–H and O–H groups in total. The van der Waals surface area contributed by atoms with Gasteiger partial charge in [0, 0.05) is 19.1 Å². The zero-order chi connectivity index (χ0) is 14.4. The summed E-state index contributed by atoms with van der Waals surface area (Å²) >= 11 is 0. The third-order valence-corrected chi connectivity index (χ3v) is 4.05. The quantitative estimate of drug-likeness (QED) is 0.799. The highest BCUT2D eigenvalue weighted by molar-refractivity contribution is 5.76. The van der Waals surface area contributed by atoms with Crippen molar-refractivity contribution in [3.63, 3.8) is 0 Å². The van der Waals surface area contributed by atoms with Gasteiger partial charge in [0.15, 0.2) is 0 Å². The number of hydrogen-bond donors (Lipinski definition) is 2. The van der Waals surface area contributed by atoms with Crippen LogP contribution in [0.3, 0.4) is 0 Å². The van der Waals surface area contributed by atoms with E-state index in [-0.39, 0.29) is 0 Å². The van der Waals surface area contributed by atoms with E-state index in [1.807, 2.05) is 30.3 Å². The van der Waals surface area contributed by atoms with Crippen LogP contribution >= 0.6 is 0 Å². The van der Waals surface area contributed by atoms with Gasteiger partial charge in [-0.2, -0.15) is 0 Å². The second kappa shape index (κ2) is 7.41. The average Bonchev–Trinajstić information content (AvgIpc) is 2.98. The molecule has 110 valence electrons. The Kier molecular flexibility index (Phi) is 5.56. The van der Waals surface area contributed by atoms with E-state index in [2.05, 4.69) is 17.1 Å². The number of hydrogen-bond acceptors (Lipinski definition) is 3. The van der Waals surface area contributed by atoms with Gasteiger partial charge in [-0.1, -0.05) is 30.3 Å². The third-order valence-electron chi connectivity index (χ3n) is 4.05. The van der Waals surface area contributed by atoms with Crippen LogP contribution in [0.15, 0.2) is 30.3 Å². The van der Waals surface area contributed by atoms with Gasteiger partial charge < -0.3 is 10.4 Å². The van der Waals surface area contributed by atoms with E-state index in [0.29, 0.717) is 12.6 Å². The van der Waals surface area contributed by atoms with Crippen LogP contribution in [0.1, 0.15) is 31.2 Å². The number of nitrogens with zero attached hydrogens (tertiary/aromatic N) is 1. The lowest BCUT2D eigenvalue weighted by Gasteiger charge is -2.24. The van der Waals surface area contributed by atoms with Gasteiger partial charge in [-0.05, 0) is 38.4 Å². The average molecular weight is 276 g/mol. The molecule has 0 saturated carbocycles. The lowest BCUT2D eigenvalue weighted by atomic mass is 9.99. The Labute approximate surface area is 120 Å². The summed E-state index contributed by atoms with van der Waals surface area (Å²) in [6.45, 7) is 5.87. The van der Waals surface area contributed by atoms with Gasteiger partial charge in [0.25, 0.3) is 0 Å². The summed E-state index contributed by atoms with van der Waals surface area (Å²) < 4.78 is 0. The number of nitrogens with one attached hydrogen (secondary N) is 1. The second-order valence-corrected chi connectivity index (χ2v) is 5.55. The Hall–Kier alpha value is -1.39. The molecule has 1 saturated heterocycles. The van der Waals surface area contributed by atoms with Crippen molar-refractivity contribution in [2.24, 2.45) is 0 Å². The minimum Gasteiger partial charge on any atom is -0.481 e. The first-order valence-corrected chi connectivity index (χ1v) is 7.41. The summed E-state index contributed by atoms with van der Waals surface area (Å²) in [4.78, 5) is 13.8. The van der Waals surface area contributed by atoms with Crippen LogP contribution in [0, 0.1) is 0 Å². The maximum Gasteiger partial charge on any atom is 0.312 e. The predicted octanol–water partition coefficient (Wildman–Crippen LogP) is 1.93. The number of carbonyl (C=O) groups is 1. The first kappa shape index (κ1) is 15.0. The highest BCUT2D eigenvalue weighted by Gasteiger charge is 2.21. The Morgan fingerprint density at radius 1 is 1.25 bits per heavy atom. The van der Waals surface area contributed by atoms with E-state index in [4.69, 9.17) is 0 Å². The number of aliphatic carboxylic acids is 1. The lowest BCUT2D eigenvalue weighted by Crippen LogP contribution is -2.40. The van der Waals surface area contributed by atoms with Crippen molar-refractivity contribution in [3.05, 3.63) is 35.9 Å². The van der Waals surface area contributed by atoms with Gasteiger partial charge in [0.2, 0.25) is 0 Å². The molecule has 1 fully saturated rings. The van der Waals surface area contributed by atoms with E-state index in [0.717, 1.165) is 12.1 Å². The molecule has 1 aliphatic heterocycles. The summed E-state index contributed by atoms with van der Waals surface area (Å²) in [5.41, 5.74) is 0.862. The summed E-state index contributed by atoms with van der Waals surface area (Å²) in [5.74, 6) is -1.24. The van der Waals surface area contributed by atoms with E-state index in [1.165, 1.54) is 25.9 Å². The highest BCUT2D eigenvalue weighted by atomic mass is 16.4. The van der Waals surface area contributed by atoms with Crippen molar-refractivity contribution in [3.8, 4) is 0 Å². The SMILES string of the molecule is CC(CNCC(C(=O)O)c1ccccc1)N1CCCC1. The maximum absolute atomic E-state index is 11.4. The normalized spacial score (nSPS) is 18.9. The second-order valence-electron chi connectivity index (χ2n) is 5.55. The molecule has 1 aliphatic rings. The number of carboxylic acid groups (broad SMARTS) is 1. The number of benzene rings is 1. The summed E-state index contributed by atoms with van der Waals surface area (Å²) in [6, 6.07) is 9.92. The van der Waals surface area contributed by atoms with Crippen LogP contribution < -0.4 is 5.32 Å². The molecule has 0 radical (unpaired) electrons. The van der Waals surface area contributed by atoms with E-state index < -0.39 is 11.9 Å². The fourth-order valence-electron chi connectivity index (χ4n) is 2.78. The molecule has 2 atom stereocenters. The molecule has 20 heavy (non-hydrogen) atoms. The minimum absolute atomic E-state index is 0.470. The molecule has 0 spiro atoms. The molecule has 0 bridgehead atoms. The standard InChI is InChI=1S/C16H24N2O2/c1-13(18-9-5-6-10-18)11-17-12-15(16(19)20)14-7-3-2-4-8-14/h2-4,7-8,13,15,17H,5-6,9-12H2,1H3,(H,19,20). The van der Waals surface area contributed by atoms with E-state index in [1.54, 1.807) is 0 Å². The number of likely N-dealkylation sites (tertiary alicyclic amines) is 1. The van der Waals surface area contributed by atoms with Gasteiger partial charge in [-0.25, -0.2) is 0 Å². The molecular formula is C16H24N2O2. The van der Waals surface area contributed by atoms with Crippen molar-refractivity contribution >= 4 is 5.97 Å². The lowest BCUT2D eigenvalue weighted by molar-refractivity contribution is -0.138. The topological polar surface area (TPSA) is 52.6 Å². The van der Waals surface area contributed by atoms with Gasteiger partial charge in [-0.15, -0.1) is 0 Å². The minimum atomic E-state index is -0.766.